The summed E-state index contributed by atoms with van der Waals surface area (Å²) in [4.78, 5) is 36.4. The molecule has 1 aromatic heterocycles. The highest BCUT2D eigenvalue weighted by atomic mass is 19.1. The van der Waals surface area contributed by atoms with Gasteiger partial charge in [-0.3, -0.25) is 4.79 Å². The average molecular weight is 546 g/mol. The van der Waals surface area contributed by atoms with Crippen molar-refractivity contribution in [2.45, 2.75) is 18.4 Å². The van der Waals surface area contributed by atoms with E-state index in [1.807, 2.05) is 23.1 Å². The minimum atomic E-state index is -0.656. The average Bonchev–Trinajstić information content (AvgIpc) is 3.43. The number of carbonyl (C=O) groups excluding carboxylic acids is 2. The lowest BCUT2D eigenvalue weighted by atomic mass is 9.85. The van der Waals surface area contributed by atoms with Crippen LogP contribution in [-0.2, 0) is 4.79 Å². The number of halogens is 2. The monoisotopic (exact) mass is 545 g/mol. The van der Waals surface area contributed by atoms with E-state index in [0.29, 0.717) is 26.1 Å². The van der Waals surface area contributed by atoms with Gasteiger partial charge in [0.1, 0.15) is 23.2 Å². The summed E-state index contributed by atoms with van der Waals surface area (Å²) < 4.78 is 32.4. The van der Waals surface area contributed by atoms with Crippen LogP contribution in [0.1, 0.15) is 17.9 Å². The van der Waals surface area contributed by atoms with Crippen molar-refractivity contribution in [2.75, 3.05) is 38.1 Å². The number of amides is 2. The largest absolute Gasteiger partial charge is 0.415 e. The third-order valence-electron chi connectivity index (χ3n) is 7.77. The van der Waals surface area contributed by atoms with Crippen molar-refractivity contribution in [3.8, 4) is 11.8 Å². The number of ether oxygens (including phenoxy) is 1. The van der Waals surface area contributed by atoms with Gasteiger partial charge in [0, 0.05) is 45.3 Å². The number of aromatic nitrogens is 1. The fraction of sp³-hybridized carbons (Fsp3) is 0.333. The highest BCUT2D eigenvalue weighted by Gasteiger charge is 2.44. The first-order valence-electron chi connectivity index (χ1n) is 13.1. The number of benzene rings is 2. The third kappa shape index (κ3) is 5.73. The van der Waals surface area contributed by atoms with Gasteiger partial charge in [0.15, 0.2) is 0 Å². The van der Waals surface area contributed by atoms with Gasteiger partial charge in [0.25, 0.3) is 0 Å². The molecule has 0 saturated carbocycles. The maximum atomic E-state index is 13.8. The van der Waals surface area contributed by atoms with Crippen molar-refractivity contribution in [1.29, 1.82) is 5.26 Å². The molecule has 2 aromatic carbocycles. The standard InChI is InChI=1S/C30H29F2N5O3/c1-35(30(39)40-24-11-9-23(32)10-12-24)27-19-37(18-26(27)20-5-7-22(31)8-6-20)29(38)25-13-15-36(17-21(25)16-33)28-4-2-3-14-34-28/h2-12,14,21,25-27H,13,15,17-19H2,1H3/t21?,25?,26-,27+/m1/s1. The van der Waals surface area contributed by atoms with Crippen LogP contribution in [-0.4, -0.2) is 66.1 Å². The summed E-state index contributed by atoms with van der Waals surface area (Å²) in [5.74, 6) is -1.32. The van der Waals surface area contributed by atoms with Crippen molar-refractivity contribution in [3.63, 3.8) is 0 Å². The van der Waals surface area contributed by atoms with Gasteiger partial charge in [-0.05, 0) is 60.5 Å². The summed E-state index contributed by atoms with van der Waals surface area (Å²) >= 11 is 0. The number of nitriles is 1. The SMILES string of the molecule is CN(C(=O)Oc1ccc(F)cc1)[C@H]1CN(C(=O)C2CCN(c3ccccn3)CC2C#N)C[C@@H]1c1ccc(F)cc1. The molecule has 5 rings (SSSR count). The quantitative estimate of drug-likeness (QED) is 0.471. The van der Waals surface area contributed by atoms with Gasteiger partial charge in [-0.2, -0.15) is 5.26 Å². The Bertz CT molecular complexity index is 1380. The van der Waals surface area contributed by atoms with Gasteiger partial charge >= 0.3 is 6.09 Å². The molecule has 0 bridgehead atoms. The molecule has 0 N–H and O–H groups in total. The van der Waals surface area contributed by atoms with Crippen LogP contribution < -0.4 is 9.64 Å². The molecule has 40 heavy (non-hydrogen) atoms. The number of likely N-dealkylation sites (tertiary alicyclic amines) is 1. The second-order valence-corrected chi connectivity index (χ2v) is 10.2. The van der Waals surface area contributed by atoms with E-state index < -0.39 is 29.8 Å². The number of likely N-dealkylation sites (N-methyl/N-ethyl adjacent to an activating group) is 1. The molecule has 3 heterocycles. The summed E-state index contributed by atoms with van der Waals surface area (Å²) in [6, 6.07) is 18.6. The molecular weight excluding hydrogens is 516 g/mol. The van der Waals surface area contributed by atoms with Crippen LogP contribution in [0.15, 0.2) is 72.9 Å². The van der Waals surface area contributed by atoms with Crippen molar-refractivity contribution in [1.82, 2.24) is 14.8 Å². The third-order valence-corrected chi connectivity index (χ3v) is 7.77. The Kier molecular flexibility index (Phi) is 7.91. The molecule has 206 valence electrons. The van der Waals surface area contributed by atoms with Crippen LogP contribution in [0.5, 0.6) is 5.75 Å². The van der Waals surface area contributed by atoms with Gasteiger partial charge in [-0.15, -0.1) is 0 Å². The molecule has 0 radical (unpaired) electrons. The molecular formula is C30H29F2N5O3. The first-order valence-corrected chi connectivity index (χ1v) is 13.1. The van der Waals surface area contributed by atoms with Crippen LogP contribution in [0.25, 0.3) is 0 Å². The smallest absolute Gasteiger partial charge is 0.410 e. The first-order chi connectivity index (χ1) is 19.3. The van der Waals surface area contributed by atoms with Gasteiger partial charge in [0.2, 0.25) is 5.91 Å². The Hall–Kier alpha value is -4.52. The molecule has 2 aliphatic rings. The number of rotatable bonds is 5. The van der Waals surface area contributed by atoms with Crippen molar-refractivity contribution >= 4 is 17.8 Å². The maximum Gasteiger partial charge on any atom is 0.415 e. The lowest BCUT2D eigenvalue weighted by molar-refractivity contribution is -0.136. The van der Waals surface area contributed by atoms with E-state index in [9.17, 15) is 23.6 Å². The maximum absolute atomic E-state index is 13.8. The van der Waals surface area contributed by atoms with E-state index in [0.717, 1.165) is 11.4 Å². The van der Waals surface area contributed by atoms with E-state index in [1.165, 1.54) is 41.3 Å². The van der Waals surface area contributed by atoms with E-state index in [2.05, 4.69) is 11.1 Å². The topological polar surface area (TPSA) is 89.8 Å². The molecule has 8 nitrogen and oxygen atoms in total. The van der Waals surface area contributed by atoms with Crippen LogP contribution in [0.4, 0.5) is 19.4 Å². The molecule has 2 amide bonds. The van der Waals surface area contributed by atoms with E-state index in [-0.39, 0.29) is 29.9 Å². The van der Waals surface area contributed by atoms with E-state index in [4.69, 9.17) is 4.74 Å². The number of hydrogen-bond donors (Lipinski definition) is 0. The Labute approximate surface area is 231 Å². The Balaban J connectivity index is 1.33. The van der Waals surface area contributed by atoms with Gasteiger partial charge in [-0.1, -0.05) is 18.2 Å². The zero-order valence-electron chi connectivity index (χ0n) is 22.0. The molecule has 2 unspecified atom stereocenters. The number of pyridine rings is 1. The lowest BCUT2D eigenvalue weighted by Crippen LogP contribution is -2.48. The highest BCUT2D eigenvalue weighted by molar-refractivity contribution is 5.81. The Morgan fingerprint density at radius 2 is 1.70 bits per heavy atom. The summed E-state index contributed by atoms with van der Waals surface area (Å²) in [6.45, 7) is 1.52. The fourth-order valence-corrected chi connectivity index (χ4v) is 5.57. The molecule has 2 aliphatic heterocycles. The number of carbonyl (C=O) groups is 2. The van der Waals surface area contributed by atoms with Crippen LogP contribution in [0.3, 0.4) is 0 Å². The number of nitrogens with zero attached hydrogens (tertiary/aromatic N) is 5. The van der Waals surface area contributed by atoms with Crippen LogP contribution >= 0.6 is 0 Å². The van der Waals surface area contributed by atoms with Gasteiger partial charge in [-0.25, -0.2) is 18.6 Å². The molecule has 2 saturated heterocycles. The first kappa shape index (κ1) is 27.1. The normalized spacial score (nSPS) is 22.4. The zero-order chi connectivity index (χ0) is 28.2. The van der Waals surface area contributed by atoms with E-state index >= 15 is 0 Å². The zero-order valence-corrected chi connectivity index (χ0v) is 22.0. The van der Waals surface area contributed by atoms with Crippen molar-refractivity contribution in [3.05, 3.63) is 90.1 Å². The van der Waals surface area contributed by atoms with Crippen LogP contribution in [0, 0.1) is 34.8 Å². The van der Waals surface area contributed by atoms with E-state index in [1.54, 1.807) is 30.3 Å². The predicted molar refractivity (Wildman–Crippen MR) is 143 cm³/mol. The second-order valence-electron chi connectivity index (χ2n) is 10.2. The summed E-state index contributed by atoms with van der Waals surface area (Å²) in [6.07, 6.45) is 1.54. The minimum Gasteiger partial charge on any atom is -0.410 e. The molecule has 0 aliphatic carbocycles. The van der Waals surface area contributed by atoms with Crippen LogP contribution in [0.2, 0.25) is 0 Å². The fourth-order valence-electron chi connectivity index (χ4n) is 5.57. The molecule has 2 fully saturated rings. The minimum absolute atomic E-state index is 0.137. The lowest BCUT2D eigenvalue weighted by Gasteiger charge is -2.37. The van der Waals surface area contributed by atoms with Gasteiger partial charge in [0.05, 0.1) is 23.9 Å². The molecule has 10 heteroatoms. The molecule has 4 atom stereocenters. The van der Waals surface area contributed by atoms with Gasteiger partial charge < -0.3 is 19.4 Å². The number of piperidine rings is 1. The van der Waals surface area contributed by atoms with Crippen molar-refractivity contribution in [2.24, 2.45) is 11.8 Å². The summed E-state index contributed by atoms with van der Waals surface area (Å²) in [5.41, 5.74) is 0.782. The number of hydrogen-bond acceptors (Lipinski definition) is 6. The summed E-state index contributed by atoms with van der Waals surface area (Å²) in [7, 11) is 1.59. The van der Waals surface area contributed by atoms with Crippen molar-refractivity contribution < 1.29 is 23.1 Å². The summed E-state index contributed by atoms with van der Waals surface area (Å²) in [5, 5.41) is 9.95. The molecule has 0 spiro atoms. The highest BCUT2D eigenvalue weighted by Crippen LogP contribution is 2.35. The number of anilines is 1. The Morgan fingerprint density at radius 1 is 1.00 bits per heavy atom. The molecule has 3 aromatic rings. The second kappa shape index (κ2) is 11.7. The Morgan fingerprint density at radius 3 is 2.35 bits per heavy atom. The predicted octanol–water partition coefficient (Wildman–Crippen LogP) is 4.45.